The SMILES string of the molecule is CCCCCCCCCCCCCCCCOBOCCCCCCCCCCCCCCCC. The summed E-state index contributed by atoms with van der Waals surface area (Å²) in [5.74, 6) is 0. The Labute approximate surface area is 223 Å². The van der Waals surface area contributed by atoms with Gasteiger partial charge in [-0.25, -0.2) is 0 Å². The standard InChI is InChI=1S/C32H67BO2/c1-3-5-7-9-11-13-15-17-19-21-23-25-27-29-31-34-33-35-32-30-28-26-24-22-20-18-16-14-12-10-8-6-4-2/h33H,3-32H2,1-2H3. The first-order chi connectivity index (χ1) is 17.4. The molecule has 0 unspecified atom stereocenters. The molecule has 0 atom stereocenters. The quantitative estimate of drug-likeness (QED) is 0.0684. The molecule has 3 heteroatoms. The number of hydrogen-bond donors (Lipinski definition) is 0. The van der Waals surface area contributed by atoms with Crippen molar-refractivity contribution in [3.8, 4) is 0 Å². The molecule has 0 N–H and O–H groups in total. The molecule has 35 heavy (non-hydrogen) atoms. The van der Waals surface area contributed by atoms with Gasteiger partial charge in [0.25, 0.3) is 0 Å². The van der Waals surface area contributed by atoms with Crippen molar-refractivity contribution in [2.75, 3.05) is 13.2 Å². The van der Waals surface area contributed by atoms with Gasteiger partial charge < -0.3 is 9.31 Å². The molecule has 0 amide bonds. The molecule has 2 nitrogen and oxygen atoms in total. The second kappa shape index (κ2) is 34.0. The Hall–Kier alpha value is -0.0151. The molecular weight excluding hydrogens is 427 g/mol. The Morgan fingerprint density at radius 2 is 0.486 bits per heavy atom. The number of unbranched alkanes of at least 4 members (excludes halogenated alkanes) is 26. The van der Waals surface area contributed by atoms with E-state index < -0.39 is 0 Å². The van der Waals surface area contributed by atoms with Crippen LogP contribution in [0.15, 0.2) is 0 Å². The minimum Gasteiger partial charge on any atom is -0.414 e. The molecule has 0 rings (SSSR count). The van der Waals surface area contributed by atoms with Gasteiger partial charge >= 0.3 is 7.69 Å². The van der Waals surface area contributed by atoms with E-state index >= 15 is 0 Å². The van der Waals surface area contributed by atoms with Crippen LogP contribution in [0.4, 0.5) is 0 Å². The minimum atomic E-state index is 0.497. The topological polar surface area (TPSA) is 18.5 Å². The third kappa shape index (κ3) is 34.0. The van der Waals surface area contributed by atoms with Crippen LogP contribution in [0, 0.1) is 0 Å². The molecule has 210 valence electrons. The normalized spacial score (nSPS) is 11.4. The highest BCUT2D eigenvalue weighted by Crippen LogP contribution is 2.14. The van der Waals surface area contributed by atoms with Gasteiger partial charge in [-0.1, -0.05) is 181 Å². The molecule has 0 radical (unpaired) electrons. The summed E-state index contributed by atoms with van der Waals surface area (Å²) >= 11 is 0. The second-order valence-electron chi connectivity index (χ2n) is 11.1. The summed E-state index contributed by atoms with van der Waals surface area (Å²) in [4.78, 5) is 0. The van der Waals surface area contributed by atoms with Crippen molar-refractivity contribution >= 4 is 7.69 Å². The highest BCUT2D eigenvalue weighted by molar-refractivity contribution is 6.17. The Morgan fingerprint density at radius 3 is 0.714 bits per heavy atom. The molecule has 0 fully saturated rings. The Kier molecular flexibility index (Phi) is 34.0. The van der Waals surface area contributed by atoms with Crippen LogP contribution in [0.25, 0.3) is 0 Å². The molecule has 0 spiro atoms. The molecule has 0 bridgehead atoms. The van der Waals surface area contributed by atoms with Gasteiger partial charge in [-0.15, -0.1) is 0 Å². The maximum atomic E-state index is 5.64. The van der Waals surface area contributed by atoms with Crippen molar-refractivity contribution in [2.45, 2.75) is 194 Å². The van der Waals surface area contributed by atoms with E-state index in [1.807, 2.05) is 0 Å². The molecule has 0 aromatic rings. The van der Waals surface area contributed by atoms with Crippen molar-refractivity contribution in [3.63, 3.8) is 0 Å². The van der Waals surface area contributed by atoms with Crippen LogP contribution in [-0.4, -0.2) is 20.9 Å². The molecule has 0 saturated carbocycles. The Morgan fingerprint density at radius 1 is 0.286 bits per heavy atom. The summed E-state index contributed by atoms with van der Waals surface area (Å²) < 4.78 is 11.3. The van der Waals surface area contributed by atoms with Gasteiger partial charge in [-0.2, -0.15) is 0 Å². The van der Waals surface area contributed by atoms with Crippen molar-refractivity contribution in [3.05, 3.63) is 0 Å². The lowest BCUT2D eigenvalue weighted by molar-refractivity contribution is 0.213. The molecule has 0 aliphatic heterocycles. The van der Waals surface area contributed by atoms with Gasteiger partial charge in [-0.05, 0) is 12.8 Å². The average molecular weight is 495 g/mol. The van der Waals surface area contributed by atoms with Crippen molar-refractivity contribution < 1.29 is 9.31 Å². The van der Waals surface area contributed by atoms with E-state index in [-0.39, 0.29) is 0 Å². The van der Waals surface area contributed by atoms with E-state index in [9.17, 15) is 0 Å². The predicted molar refractivity (Wildman–Crippen MR) is 160 cm³/mol. The molecule has 0 saturated heterocycles. The molecule has 0 aliphatic carbocycles. The van der Waals surface area contributed by atoms with Gasteiger partial charge in [0.05, 0.1) is 0 Å². The maximum absolute atomic E-state index is 5.64. The first-order valence-corrected chi connectivity index (χ1v) is 16.6. The minimum absolute atomic E-state index is 0.497. The Balaban J connectivity index is 3.00. The van der Waals surface area contributed by atoms with E-state index in [0.29, 0.717) is 7.69 Å². The summed E-state index contributed by atoms with van der Waals surface area (Å²) in [6.45, 7) is 6.33. The van der Waals surface area contributed by atoms with Crippen molar-refractivity contribution in [1.82, 2.24) is 0 Å². The summed E-state index contributed by atoms with van der Waals surface area (Å²) in [5, 5.41) is 0. The molecule has 0 aliphatic rings. The molecule has 0 aromatic heterocycles. The fourth-order valence-corrected chi connectivity index (χ4v) is 4.97. The second-order valence-corrected chi connectivity index (χ2v) is 11.1. The first-order valence-electron chi connectivity index (χ1n) is 16.6. The van der Waals surface area contributed by atoms with E-state index in [2.05, 4.69) is 13.8 Å². The smallest absolute Gasteiger partial charge is 0.414 e. The highest BCUT2D eigenvalue weighted by Gasteiger charge is 1.97. The molecule has 0 heterocycles. The van der Waals surface area contributed by atoms with Gasteiger partial charge in [0.15, 0.2) is 0 Å². The third-order valence-electron chi connectivity index (χ3n) is 7.45. The van der Waals surface area contributed by atoms with E-state index in [1.165, 1.54) is 180 Å². The van der Waals surface area contributed by atoms with E-state index in [1.54, 1.807) is 0 Å². The first kappa shape index (κ1) is 35.0. The summed E-state index contributed by atoms with van der Waals surface area (Å²) in [6.07, 6.45) is 39.4. The van der Waals surface area contributed by atoms with Crippen LogP contribution >= 0.6 is 0 Å². The largest absolute Gasteiger partial charge is 0.438 e. The van der Waals surface area contributed by atoms with Gasteiger partial charge in [0, 0.05) is 13.2 Å². The van der Waals surface area contributed by atoms with Crippen LogP contribution in [0.5, 0.6) is 0 Å². The summed E-state index contributed by atoms with van der Waals surface area (Å²) in [6, 6.07) is 0. The lowest BCUT2D eigenvalue weighted by Gasteiger charge is -2.06. The monoisotopic (exact) mass is 495 g/mol. The Bertz CT molecular complexity index is 318. The lowest BCUT2D eigenvalue weighted by Crippen LogP contribution is -2.07. The van der Waals surface area contributed by atoms with Gasteiger partial charge in [-0.3, -0.25) is 0 Å². The predicted octanol–water partition coefficient (Wildman–Crippen LogP) is 11.2. The zero-order chi connectivity index (χ0) is 25.3. The number of hydrogen-bond acceptors (Lipinski definition) is 2. The van der Waals surface area contributed by atoms with Crippen LogP contribution in [-0.2, 0) is 9.31 Å². The van der Waals surface area contributed by atoms with E-state index in [4.69, 9.17) is 9.31 Å². The molecule has 0 aromatic carbocycles. The zero-order valence-corrected chi connectivity index (χ0v) is 24.7. The van der Waals surface area contributed by atoms with Crippen LogP contribution < -0.4 is 0 Å². The van der Waals surface area contributed by atoms with Gasteiger partial charge in [0.2, 0.25) is 0 Å². The lowest BCUT2D eigenvalue weighted by atomic mass is 10.0. The third-order valence-corrected chi connectivity index (χ3v) is 7.45. The van der Waals surface area contributed by atoms with Crippen LogP contribution in [0.3, 0.4) is 0 Å². The molecular formula is C32H67BO2. The van der Waals surface area contributed by atoms with Crippen LogP contribution in [0.2, 0.25) is 0 Å². The van der Waals surface area contributed by atoms with Crippen molar-refractivity contribution in [1.29, 1.82) is 0 Å². The average Bonchev–Trinajstić information content (AvgIpc) is 2.87. The van der Waals surface area contributed by atoms with E-state index in [0.717, 1.165) is 13.2 Å². The maximum Gasteiger partial charge on any atom is 0.438 e. The highest BCUT2D eigenvalue weighted by atomic mass is 16.6. The van der Waals surface area contributed by atoms with Crippen molar-refractivity contribution in [2.24, 2.45) is 0 Å². The van der Waals surface area contributed by atoms with Crippen LogP contribution in [0.1, 0.15) is 194 Å². The zero-order valence-electron chi connectivity index (χ0n) is 24.7. The fraction of sp³-hybridized carbons (Fsp3) is 1.00. The number of rotatable bonds is 32. The van der Waals surface area contributed by atoms with Gasteiger partial charge in [0.1, 0.15) is 0 Å². The fourth-order valence-electron chi connectivity index (χ4n) is 4.97. The summed E-state index contributed by atoms with van der Waals surface area (Å²) in [7, 11) is 0.497. The summed E-state index contributed by atoms with van der Waals surface area (Å²) in [5.41, 5.74) is 0.